The number of benzene rings is 1. The highest BCUT2D eigenvalue weighted by Crippen LogP contribution is 2.23. The number of carbonyl (C=O) groups is 2. The van der Waals surface area contributed by atoms with Crippen LogP contribution in [0.15, 0.2) is 24.3 Å². The molecule has 1 aliphatic heterocycles. The van der Waals surface area contributed by atoms with Crippen LogP contribution in [0.5, 0.6) is 0 Å². The van der Waals surface area contributed by atoms with Gasteiger partial charge in [0.25, 0.3) is 0 Å². The molecule has 1 heterocycles. The molecule has 1 fully saturated rings. The van der Waals surface area contributed by atoms with Crippen molar-refractivity contribution in [1.82, 2.24) is 4.90 Å². The van der Waals surface area contributed by atoms with Gasteiger partial charge in [0.1, 0.15) is 0 Å². The summed E-state index contributed by atoms with van der Waals surface area (Å²) >= 11 is 0. The Morgan fingerprint density at radius 2 is 1.70 bits per heavy atom. The average Bonchev–Trinajstić information content (AvgIpc) is 2.40. The first-order valence-electron chi connectivity index (χ1n) is 6.87. The normalized spacial score (nSPS) is 21.9. The van der Waals surface area contributed by atoms with Gasteiger partial charge in [0.15, 0.2) is 0 Å². The Morgan fingerprint density at radius 1 is 1.15 bits per heavy atom. The summed E-state index contributed by atoms with van der Waals surface area (Å²) in [4.78, 5) is 25.0. The Bertz CT molecular complexity index is 498. The van der Waals surface area contributed by atoms with E-state index in [1.807, 2.05) is 0 Å². The molecule has 0 bridgehead atoms. The second-order valence-electron chi connectivity index (χ2n) is 5.45. The molecule has 5 heteroatoms. The standard InChI is InChI=1S/C15H21N3O2/c1-10-8-18(11(10)2)9-15(20)17-14-6-4-13(5-7-14)16-12(3)19/h4-7,10-11H,8-9H2,1-3H3,(H,16,19)(H,17,20)/t10-,11-/m0/s1. The van der Waals surface area contributed by atoms with Crippen LogP contribution in [0.2, 0.25) is 0 Å². The maximum Gasteiger partial charge on any atom is 0.238 e. The van der Waals surface area contributed by atoms with E-state index in [4.69, 9.17) is 0 Å². The minimum Gasteiger partial charge on any atom is -0.326 e. The summed E-state index contributed by atoms with van der Waals surface area (Å²) in [6.07, 6.45) is 0. The summed E-state index contributed by atoms with van der Waals surface area (Å²) in [5.74, 6) is 0.554. The van der Waals surface area contributed by atoms with Crippen LogP contribution >= 0.6 is 0 Å². The molecule has 0 aliphatic carbocycles. The van der Waals surface area contributed by atoms with Crippen LogP contribution in [0.3, 0.4) is 0 Å². The Morgan fingerprint density at radius 3 is 2.15 bits per heavy atom. The zero-order chi connectivity index (χ0) is 14.7. The van der Waals surface area contributed by atoms with Gasteiger partial charge in [0.05, 0.1) is 6.54 Å². The highest BCUT2D eigenvalue weighted by molar-refractivity contribution is 5.93. The van der Waals surface area contributed by atoms with Gasteiger partial charge in [0, 0.05) is 30.9 Å². The third kappa shape index (κ3) is 3.57. The average molecular weight is 275 g/mol. The quantitative estimate of drug-likeness (QED) is 0.882. The molecule has 5 nitrogen and oxygen atoms in total. The topological polar surface area (TPSA) is 61.4 Å². The molecule has 2 rings (SSSR count). The van der Waals surface area contributed by atoms with Crippen molar-refractivity contribution in [1.29, 1.82) is 0 Å². The van der Waals surface area contributed by atoms with E-state index in [1.165, 1.54) is 6.92 Å². The van der Waals surface area contributed by atoms with Gasteiger partial charge in [-0.3, -0.25) is 14.5 Å². The maximum absolute atomic E-state index is 11.9. The third-order valence-corrected chi connectivity index (χ3v) is 3.76. The Labute approximate surface area is 119 Å². The van der Waals surface area contributed by atoms with E-state index >= 15 is 0 Å². The van der Waals surface area contributed by atoms with Crippen LogP contribution in [0.25, 0.3) is 0 Å². The number of amides is 2. The second kappa shape index (κ2) is 6.05. The lowest BCUT2D eigenvalue weighted by atomic mass is 9.92. The van der Waals surface area contributed by atoms with E-state index in [9.17, 15) is 9.59 Å². The summed E-state index contributed by atoms with van der Waals surface area (Å²) < 4.78 is 0. The van der Waals surface area contributed by atoms with Crippen molar-refractivity contribution in [3.05, 3.63) is 24.3 Å². The van der Waals surface area contributed by atoms with Crippen molar-refractivity contribution in [2.24, 2.45) is 5.92 Å². The van der Waals surface area contributed by atoms with Gasteiger partial charge in [-0.25, -0.2) is 0 Å². The molecule has 1 aromatic rings. The van der Waals surface area contributed by atoms with Crippen LogP contribution in [0.1, 0.15) is 20.8 Å². The number of likely N-dealkylation sites (tertiary alicyclic amines) is 1. The molecule has 108 valence electrons. The van der Waals surface area contributed by atoms with Gasteiger partial charge in [-0.2, -0.15) is 0 Å². The largest absolute Gasteiger partial charge is 0.326 e. The number of nitrogens with one attached hydrogen (secondary N) is 2. The zero-order valence-electron chi connectivity index (χ0n) is 12.1. The molecule has 1 saturated heterocycles. The zero-order valence-corrected chi connectivity index (χ0v) is 12.1. The van der Waals surface area contributed by atoms with Gasteiger partial charge in [0.2, 0.25) is 11.8 Å². The third-order valence-electron chi connectivity index (χ3n) is 3.76. The van der Waals surface area contributed by atoms with Crippen LogP contribution in [0.4, 0.5) is 11.4 Å². The van der Waals surface area contributed by atoms with Crippen LogP contribution in [-0.4, -0.2) is 35.8 Å². The first-order chi connectivity index (χ1) is 9.45. The fourth-order valence-corrected chi connectivity index (χ4v) is 2.34. The first-order valence-corrected chi connectivity index (χ1v) is 6.87. The smallest absolute Gasteiger partial charge is 0.238 e. The predicted octanol–water partition coefficient (Wildman–Crippen LogP) is 1.92. The van der Waals surface area contributed by atoms with E-state index in [2.05, 4.69) is 29.4 Å². The lowest BCUT2D eigenvalue weighted by Gasteiger charge is -2.44. The van der Waals surface area contributed by atoms with Crippen molar-refractivity contribution in [3.63, 3.8) is 0 Å². The monoisotopic (exact) mass is 275 g/mol. The number of anilines is 2. The van der Waals surface area contributed by atoms with Gasteiger partial charge < -0.3 is 10.6 Å². The van der Waals surface area contributed by atoms with Gasteiger partial charge in [-0.1, -0.05) is 6.92 Å². The van der Waals surface area contributed by atoms with Crippen molar-refractivity contribution >= 4 is 23.2 Å². The van der Waals surface area contributed by atoms with E-state index in [1.54, 1.807) is 24.3 Å². The number of carbonyl (C=O) groups excluding carboxylic acids is 2. The number of hydrogen-bond acceptors (Lipinski definition) is 3. The molecule has 20 heavy (non-hydrogen) atoms. The summed E-state index contributed by atoms with van der Waals surface area (Å²) in [5, 5.41) is 5.55. The number of rotatable bonds is 4. The fourth-order valence-electron chi connectivity index (χ4n) is 2.34. The molecule has 0 unspecified atom stereocenters. The Kier molecular flexibility index (Phi) is 4.39. The minimum absolute atomic E-state index is 0.00368. The van der Waals surface area contributed by atoms with E-state index in [0.29, 0.717) is 18.5 Å². The molecule has 0 aromatic heterocycles. The molecular weight excluding hydrogens is 254 g/mol. The van der Waals surface area contributed by atoms with Gasteiger partial charge >= 0.3 is 0 Å². The molecule has 1 aromatic carbocycles. The van der Waals surface area contributed by atoms with E-state index in [0.717, 1.165) is 17.9 Å². The van der Waals surface area contributed by atoms with Crippen molar-refractivity contribution in [2.75, 3.05) is 23.7 Å². The van der Waals surface area contributed by atoms with Crippen molar-refractivity contribution in [2.45, 2.75) is 26.8 Å². The van der Waals surface area contributed by atoms with Gasteiger partial charge in [-0.15, -0.1) is 0 Å². The first kappa shape index (κ1) is 14.5. The summed E-state index contributed by atoms with van der Waals surface area (Å²) in [6, 6.07) is 7.58. The highest BCUT2D eigenvalue weighted by Gasteiger charge is 2.32. The van der Waals surface area contributed by atoms with Crippen molar-refractivity contribution < 1.29 is 9.59 Å². The van der Waals surface area contributed by atoms with Crippen molar-refractivity contribution in [3.8, 4) is 0 Å². The summed E-state index contributed by atoms with van der Waals surface area (Å²) in [7, 11) is 0. The van der Waals surface area contributed by atoms with E-state index < -0.39 is 0 Å². The summed E-state index contributed by atoms with van der Waals surface area (Å²) in [6.45, 7) is 7.21. The molecular formula is C15H21N3O2. The fraction of sp³-hybridized carbons (Fsp3) is 0.467. The second-order valence-corrected chi connectivity index (χ2v) is 5.45. The highest BCUT2D eigenvalue weighted by atomic mass is 16.2. The van der Waals surface area contributed by atoms with Gasteiger partial charge in [-0.05, 0) is 37.1 Å². The predicted molar refractivity (Wildman–Crippen MR) is 79.6 cm³/mol. The number of hydrogen-bond donors (Lipinski definition) is 2. The molecule has 0 spiro atoms. The molecule has 2 amide bonds. The minimum atomic E-state index is -0.109. The van der Waals surface area contributed by atoms with E-state index in [-0.39, 0.29) is 11.8 Å². The molecule has 0 radical (unpaired) electrons. The molecule has 0 saturated carbocycles. The molecule has 1 aliphatic rings. The Balaban J connectivity index is 1.83. The van der Waals surface area contributed by atoms with Crippen LogP contribution in [0, 0.1) is 5.92 Å². The van der Waals surface area contributed by atoms with Crippen LogP contribution in [-0.2, 0) is 9.59 Å². The van der Waals surface area contributed by atoms with Crippen LogP contribution < -0.4 is 10.6 Å². The SMILES string of the molecule is CC(=O)Nc1ccc(NC(=O)CN2C[C@H](C)[C@@H]2C)cc1. The lowest BCUT2D eigenvalue weighted by Crippen LogP contribution is -2.55. The number of nitrogens with zero attached hydrogens (tertiary/aromatic N) is 1. The molecule has 2 atom stereocenters. The lowest BCUT2D eigenvalue weighted by molar-refractivity contribution is -0.120. The Hall–Kier alpha value is -1.88. The maximum atomic E-state index is 11.9. The summed E-state index contributed by atoms with van der Waals surface area (Å²) in [5.41, 5.74) is 1.46. The molecule has 2 N–H and O–H groups in total.